The summed E-state index contributed by atoms with van der Waals surface area (Å²) < 4.78 is 6.25. The third-order valence-corrected chi connectivity index (χ3v) is 4.71. The minimum Gasteiger partial charge on any atom is -0.382 e. The Morgan fingerprint density at radius 1 is 1.16 bits per heavy atom. The van der Waals surface area contributed by atoms with Crippen LogP contribution in [0, 0.1) is 5.92 Å². The Kier molecular flexibility index (Phi) is 2.90. The molecular weight excluding hydrogens is 234 g/mol. The monoisotopic (exact) mass is 259 g/mol. The maximum absolute atomic E-state index is 6.25. The second-order valence-corrected chi connectivity index (χ2v) is 7.22. The van der Waals surface area contributed by atoms with Gasteiger partial charge in [0, 0.05) is 17.6 Å². The van der Waals surface area contributed by atoms with Crippen molar-refractivity contribution in [2.24, 2.45) is 5.92 Å². The van der Waals surface area contributed by atoms with Gasteiger partial charge in [0.1, 0.15) is 0 Å². The Balaban J connectivity index is 1.82. The molecule has 2 atom stereocenters. The Bertz CT molecular complexity index is 478. The van der Waals surface area contributed by atoms with Crippen LogP contribution in [0.5, 0.6) is 0 Å². The fourth-order valence-electron chi connectivity index (χ4n) is 4.00. The number of rotatable bonds is 1. The molecule has 1 N–H and O–H groups in total. The topological polar surface area (TPSA) is 21.3 Å². The molecule has 2 unspecified atom stereocenters. The van der Waals surface area contributed by atoms with E-state index in [2.05, 4.69) is 57.3 Å². The van der Waals surface area contributed by atoms with Gasteiger partial charge in [0.05, 0.1) is 11.2 Å². The van der Waals surface area contributed by atoms with Gasteiger partial charge in [-0.2, -0.15) is 0 Å². The molecule has 0 radical (unpaired) electrons. The zero-order chi connectivity index (χ0) is 13.7. The van der Waals surface area contributed by atoms with Crippen LogP contribution in [0.1, 0.15) is 46.1 Å². The quantitative estimate of drug-likeness (QED) is 0.823. The maximum Gasteiger partial charge on any atom is 0.0682 e. The van der Waals surface area contributed by atoms with Gasteiger partial charge in [0.25, 0.3) is 0 Å². The lowest BCUT2D eigenvalue weighted by molar-refractivity contribution is -0.0762. The smallest absolute Gasteiger partial charge is 0.0682 e. The lowest BCUT2D eigenvalue weighted by Crippen LogP contribution is -2.42. The van der Waals surface area contributed by atoms with E-state index in [9.17, 15) is 0 Å². The molecule has 1 fully saturated rings. The first-order valence-electron chi connectivity index (χ1n) is 7.42. The van der Waals surface area contributed by atoms with Gasteiger partial charge in [0.15, 0.2) is 0 Å². The van der Waals surface area contributed by atoms with Crippen LogP contribution < -0.4 is 5.32 Å². The first-order valence-corrected chi connectivity index (χ1v) is 7.42. The molecule has 2 heteroatoms. The van der Waals surface area contributed by atoms with E-state index >= 15 is 0 Å². The van der Waals surface area contributed by atoms with Crippen molar-refractivity contribution >= 4 is 5.69 Å². The molecular formula is C17H25NO. The molecule has 3 rings (SSSR count). The highest BCUT2D eigenvalue weighted by Crippen LogP contribution is 2.46. The molecule has 0 spiro atoms. The zero-order valence-corrected chi connectivity index (χ0v) is 12.5. The van der Waals surface area contributed by atoms with Crippen LogP contribution in [0.4, 0.5) is 5.69 Å². The third kappa shape index (κ3) is 2.38. The van der Waals surface area contributed by atoms with E-state index in [-0.39, 0.29) is 11.2 Å². The summed E-state index contributed by atoms with van der Waals surface area (Å²) in [6, 6.07) is 9.22. The van der Waals surface area contributed by atoms with E-state index in [1.165, 1.54) is 24.1 Å². The number of ether oxygens (including phenoxy) is 1. The summed E-state index contributed by atoms with van der Waals surface area (Å²) in [5.74, 6) is 0.579. The highest BCUT2D eigenvalue weighted by atomic mass is 16.5. The fraction of sp³-hybridized carbons (Fsp3) is 0.647. The lowest BCUT2D eigenvalue weighted by Gasteiger charge is -2.37. The Morgan fingerprint density at radius 2 is 1.89 bits per heavy atom. The number of para-hydroxylation sites is 1. The van der Waals surface area contributed by atoms with Gasteiger partial charge in [0.2, 0.25) is 0 Å². The molecule has 1 aromatic carbocycles. The molecule has 0 saturated carbocycles. The van der Waals surface area contributed by atoms with Crippen molar-refractivity contribution in [2.75, 3.05) is 5.32 Å². The summed E-state index contributed by atoms with van der Waals surface area (Å²) >= 11 is 0. The number of aryl methyl sites for hydroxylation is 1. The summed E-state index contributed by atoms with van der Waals surface area (Å²) in [7, 11) is 0. The molecule has 104 valence electrons. The van der Waals surface area contributed by atoms with E-state index in [1.54, 1.807) is 0 Å². The van der Waals surface area contributed by atoms with Gasteiger partial charge in [-0.05, 0) is 58.6 Å². The average molecular weight is 259 g/mol. The van der Waals surface area contributed by atoms with E-state index < -0.39 is 0 Å². The van der Waals surface area contributed by atoms with Gasteiger partial charge < -0.3 is 10.1 Å². The molecule has 0 amide bonds. The molecule has 1 saturated heterocycles. The predicted octanol–water partition coefficient (Wildman–Crippen LogP) is 4.01. The fourth-order valence-corrected chi connectivity index (χ4v) is 4.00. The SMILES string of the molecule is CC1(C)CC(C2CCc3ccccc3N2)C(C)(C)O1. The van der Waals surface area contributed by atoms with E-state index in [4.69, 9.17) is 4.74 Å². The normalized spacial score (nSPS) is 31.6. The highest BCUT2D eigenvalue weighted by Gasteiger charge is 2.49. The summed E-state index contributed by atoms with van der Waals surface area (Å²) in [5.41, 5.74) is 2.74. The number of benzene rings is 1. The van der Waals surface area contributed by atoms with E-state index in [0.29, 0.717) is 12.0 Å². The van der Waals surface area contributed by atoms with Crippen LogP contribution in [0.3, 0.4) is 0 Å². The number of hydrogen-bond donors (Lipinski definition) is 1. The molecule has 2 nitrogen and oxygen atoms in total. The number of hydrogen-bond acceptors (Lipinski definition) is 2. The van der Waals surface area contributed by atoms with Crippen LogP contribution in [-0.4, -0.2) is 17.2 Å². The molecule has 2 heterocycles. The van der Waals surface area contributed by atoms with E-state index in [1.807, 2.05) is 0 Å². The minimum absolute atomic E-state index is 0.00676. The molecule has 2 aliphatic heterocycles. The van der Waals surface area contributed by atoms with Crippen molar-refractivity contribution < 1.29 is 4.74 Å². The number of anilines is 1. The first kappa shape index (κ1) is 13.0. The maximum atomic E-state index is 6.25. The molecule has 1 aromatic rings. The number of fused-ring (bicyclic) bond motifs is 1. The van der Waals surface area contributed by atoms with E-state index in [0.717, 1.165) is 6.42 Å². The summed E-state index contributed by atoms with van der Waals surface area (Å²) in [6.45, 7) is 8.92. The molecule has 0 aromatic heterocycles. The van der Waals surface area contributed by atoms with Crippen LogP contribution in [0.15, 0.2) is 24.3 Å². The molecule has 19 heavy (non-hydrogen) atoms. The largest absolute Gasteiger partial charge is 0.382 e. The first-order chi connectivity index (χ1) is 8.87. The van der Waals surface area contributed by atoms with Gasteiger partial charge in [-0.25, -0.2) is 0 Å². The van der Waals surface area contributed by atoms with Gasteiger partial charge in [-0.1, -0.05) is 18.2 Å². The van der Waals surface area contributed by atoms with Crippen molar-refractivity contribution in [3.8, 4) is 0 Å². The lowest BCUT2D eigenvalue weighted by atomic mass is 9.78. The van der Waals surface area contributed by atoms with Gasteiger partial charge in [-0.3, -0.25) is 0 Å². The Morgan fingerprint density at radius 3 is 2.58 bits per heavy atom. The van der Waals surface area contributed by atoms with Crippen LogP contribution in [0.25, 0.3) is 0 Å². The van der Waals surface area contributed by atoms with Crippen molar-refractivity contribution in [3.63, 3.8) is 0 Å². The van der Waals surface area contributed by atoms with Crippen molar-refractivity contribution in [1.29, 1.82) is 0 Å². The molecule has 2 aliphatic rings. The second-order valence-electron chi connectivity index (χ2n) is 7.22. The van der Waals surface area contributed by atoms with Crippen molar-refractivity contribution in [2.45, 2.75) is 64.2 Å². The second kappa shape index (κ2) is 4.24. The van der Waals surface area contributed by atoms with Crippen molar-refractivity contribution in [3.05, 3.63) is 29.8 Å². The van der Waals surface area contributed by atoms with Gasteiger partial charge in [-0.15, -0.1) is 0 Å². The van der Waals surface area contributed by atoms with Crippen LogP contribution >= 0.6 is 0 Å². The van der Waals surface area contributed by atoms with Crippen LogP contribution in [0.2, 0.25) is 0 Å². The highest BCUT2D eigenvalue weighted by molar-refractivity contribution is 5.54. The summed E-state index contributed by atoms with van der Waals surface area (Å²) in [4.78, 5) is 0. The predicted molar refractivity (Wildman–Crippen MR) is 79.5 cm³/mol. The number of nitrogens with one attached hydrogen (secondary N) is 1. The standard InChI is InChI=1S/C17H25NO/c1-16(2)11-13(17(3,4)19-16)15-10-9-12-7-5-6-8-14(12)18-15/h5-8,13,15,18H,9-11H2,1-4H3. The Labute approximate surface area is 116 Å². The summed E-state index contributed by atoms with van der Waals surface area (Å²) in [6.07, 6.45) is 3.53. The molecule has 0 aliphatic carbocycles. The Hall–Kier alpha value is -1.02. The van der Waals surface area contributed by atoms with Gasteiger partial charge >= 0.3 is 0 Å². The minimum atomic E-state index is -0.0343. The van der Waals surface area contributed by atoms with Crippen LogP contribution in [-0.2, 0) is 11.2 Å². The third-order valence-electron chi connectivity index (χ3n) is 4.71. The summed E-state index contributed by atoms with van der Waals surface area (Å²) in [5, 5.41) is 3.75. The average Bonchev–Trinajstić information content (AvgIpc) is 2.57. The van der Waals surface area contributed by atoms with Crippen molar-refractivity contribution in [1.82, 2.24) is 0 Å². The molecule has 0 bridgehead atoms. The zero-order valence-electron chi connectivity index (χ0n) is 12.5.